The molecule has 0 saturated carbocycles. The largest absolute Gasteiger partial charge is 0.395 e. The number of aliphatic hydroxyl groups is 1. The summed E-state index contributed by atoms with van der Waals surface area (Å²) >= 11 is 1.62. The highest BCUT2D eigenvalue weighted by atomic mass is 32.1. The zero-order valence-electron chi connectivity index (χ0n) is 9.35. The van der Waals surface area contributed by atoms with Gasteiger partial charge in [-0.1, -0.05) is 12.1 Å². The quantitative estimate of drug-likeness (QED) is 0.841. The van der Waals surface area contributed by atoms with Crippen molar-refractivity contribution >= 4 is 27.5 Å². The minimum Gasteiger partial charge on any atom is -0.395 e. The van der Waals surface area contributed by atoms with E-state index in [0.717, 1.165) is 15.2 Å². The number of nitrogens with one attached hydrogen (secondary N) is 1. The van der Waals surface area contributed by atoms with E-state index in [1.807, 2.05) is 24.3 Å². The Labute approximate surface area is 103 Å². The number of rotatable bonds is 5. The molecule has 0 spiro atoms. The molecule has 0 bridgehead atoms. The molecule has 0 atom stereocenters. The van der Waals surface area contributed by atoms with E-state index in [1.54, 1.807) is 11.3 Å². The monoisotopic (exact) mass is 250 g/mol. The van der Waals surface area contributed by atoms with Crippen LogP contribution in [-0.2, 0) is 11.2 Å². The van der Waals surface area contributed by atoms with Gasteiger partial charge in [-0.3, -0.25) is 4.79 Å². The number of hydrogen-bond donors (Lipinski definition) is 2. The lowest BCUT2D eigenvalue weighted by Gasteiger charge is -2.00. The first-order valence-corrected chi connectivity index (χ1v) is 6.33. The van der Waals surface area contributed by atoms with Crippen LogP contribution in [-0.4, -0.2) is 29.1 Å². The Kier molecular flexibility index (Phi) is 4.06. The molecule has 0 aliphatic heterocycles. The molecule has 1 aromatic heterocycles. The summed E-state index contributed by atoms with van der Waals surface area (Å²) in [6, 6.07) is 7.95. The van der Waals surface area contributed by atoms with Crippen molar-refractivity contribution in [3.05, 3.63) is 29.3 Å². The number of carbonyl (C=O) groups is 1. The molecule has 0 saturated heterocycles. The number of aromatic nitrogens is 1. The van der Waals surface area contributed by atoms with E-state index >= 15 is 0 Å². The highest BCUT2D eigenvalue weighted by Crippen LogP contribution is 2.22. The predicted molar refractivity (Wildman–Crippen MR) is 68.0 cm³/mol. The second kappa shape index (κ2) is 5.75. The van der Waals surface area contributed by atoms with Gasteiger partial charge in [-0.05, 0) is 12.1 Å². The zero-order chi connectivity index (χ0) is 12.1. The van der Waals surface area contributed by atoms with E-state index in [-0.39, 0.29) is 12.5 Å². The molecule has 1 aromatic carbocycles. The number of hydrogen-bond acceptors (Lipinski definition) is 4. The number of thiazole rings is 1. The van der Waals surface area contributed by atoms with Gasteiger partial charge in [0, 0.05) is 19.4 Å². The third-order valence-corrected chi connectivity index (χ3v) is 3.43. The average Bonchev–Trinajstić information content (AvgIpc) is 2.76. The summed E-state index contributed by atoms with van der Waals surface area (Å²) in [6.45, 7) is 0.297. The zero-order valence-corrected chi connectivity index (χ0v) is 10.2. The van der Waals surface area contributed by atoms with Crippen molar-refractivity contribution in [3.63, 3.8) is 0 Å². The van der Waals surface area contributed by atoms with Crippen LogP contribution in [0.4, 0.5) is 0 Å². The molecular weight excluding hydrogens is 236 g/mol. The number of aliphatic hydroxyl groups excluding tert-OH is 1. The molecule has 1 heterocycles. The number of para-hydroxylation sites is 1. The van der Waals surface area contributed by atoms with Gasteiger partial charge in [0.2, 0.25) is 5.91 Å². The average molecular weight is 250 g/mol. The second-order valence-electron chi connectivity index (χ2n) is 3.65. The first-order valence-electron chi connectivity index (χ1n) is 5.51. The Morgan fingerprint density at radius 2 is 2.24 bits per heavy atom. The lowest BCUT2D eigenvalue weighted by molar-refractivity contribution is -0.121. The molecule has 2 N–H and O–H groups in total. The molecule has 90 valence electrons. The summed E-state index contributed by atoms with van der Waals surface area (Å²) in [5.41, 5.74) is 0.989. The fourth-order valence-electron chi connectivity index (χ4n) is 1.53. The fraction of sp³-hybridized carbons (Fsp3) is 0.333. The Bertz CT molecular complexity index is 477. The lowest BCUT2D eigenvalue weighted by atomic mass is 10.3. The van der Waals surface area contributed by atoms with Gasteiger partial charge in [0.25, 0.3) is 0 Å². The summed E-state index contributed by atoms with van der Waals surface area (Å²) in [5.74, 6) is -0.0432. The van der Waals surface area contributed by atoms with E-state index in [4.69, 9.17) is 5.11 Å². The lowest BCUT2D eigenvalue weighted by Crippen LogP contribution is -2.26. The number of carbonyl (C=O) groups excluding carboxylic acids is 1. The van der Waals surface area contributed by atoms with E-state index in [1.165, 1.54) is 0 Å². The predicted octanol–water partition coefficient (Wildman–Crippen LogP) is 1.34. The maximum absolute atomic E-state index is 11.3. The summed E-state index contributed by atoms with van der Waals surface area (Å²) in [5, 5.41) is 12.2. The van der Waals surface area contributed by atoms with Crippen LogP contribution >= 0.6 is 11.3 Å². The van der Waals surface area contributed by atoms with Crippen LogP contribution in [0.2, 0.25) is 0 Å². The van der Waals surface area contributed by atoms with Gasteiger partial charge < -0.3 is 10.4 Å². The fourth-order valence-corrected chi connectivity index (χ4v) is 2.50. The van der Waals surface area contributed by atoms with Crippen LogP contribution in [0.5, 0.6) is 0 Å². The number of nitrogens with zero attached hydrogens (tertiary/aromatic N) is 1. The van der Waals surface area contributed by atoms with E-state index in [2.05, 4.69) is 10.3 Å². The molecule has 17 heavy (non-hydrogen) atoms. The van der Waals surface area contributed by atoms with Crippen LogP contribution < -0.4 is 5.32 Å². The molecule has 1 amide bonds. The topological polar surface area (TPSA) is 62.2 Å². The molecule has 4 nitrogen and oxygen atoms in total. The molecular formula is C12H14N2O2S. The highest BCUT2D eigenvalue weighted by Gasteiger charge is 2.06. The summed E-state index contributed by atoms with van der Waals surface area (Å²) in [6.07, 6.45) is 1.07. The first-order chi connectivity index (χ1) is 8.29. The summed E-state index contributed by atoms with van der Waals surface area (Å²) in [4.78, 5) is 15.8. The minimum atomic E-state index is -0.0432. The van der Waals surface area contributed by atoms with Gasteiger partial charge in [0.1, 0.15) is 0 Å². The normalized spacial score (nSPS) is 10.6. The molecule has 0 aliphatic rings. The van der Waals surface area contributed by atoms with Gasteiger partial charge in [-0.2, -0.15) is 0 Å². The maximum Gasteiger partial charge on any atom is 0.220 e. The Hall–Kier alpha value is -1.46. The minimum absolute atomic E-state index is 0.0210. The Morgan fingerprint density at radius 3 is 3.00 bits per heavy atom. The smallest absolute Gasteiger partial charge is 0.220 e. The van der Waals surface area contributed by atoms with Crippen molar-refractivity contribution in [2.24, 2.45) is 0 Å². The third kappa shape index (κ3) is 3.25. The maximum atomic E-state index is 11.3. The first kappa shape index (κ1) is 12.0. The molecule has 0 unspecified atom stereocenters. The Balaban J connectivity index is 1.92. The van der Waals surface area contributed by atoms with Crippen LogP contribution in [0, 0.1) is 0 Å². The Morgan fingerprint density at radius 1 is 1.41 bits per heavy atom. The van der Waals surface area contributed by atoms with Crippen molar-refractivity contribution in [3.8, 4) is 0 Å². The molecule has 2 aromatic rings. The van der Waals surface area contributed by atoms with Gasteiger partial charge in [0.15, 0.2) is 0 Å². The highest BCUT2D eigenvalue weighted by molar-refractivity contribution is 7.18. The van der Waals surface area contributed by atoms with Gasteiger partial charge in [-0.15, -0.1) is 11.3 Å². The molecule has 0 aliphatic carbocycles. The van der Waals surface area contributed by atoms with Gasteiger partial charge in [0.05, 0.1) is 21.8 Å². The van der Waals surface area contributed by atoms with Crippen molar-refractivity contribution in [1.82, 2.24) is 10.3 Å². The van der Waals surface area contributed by atoms with E-state index in [9.17, 15) is 4.79 Å². The van der Waals surface area contributed by atoms with Crippen molar-refractivity contribution in [2.45, 2.75) is 12.8 Å². The summed E-state index contributed by atoms with van der Waals surface area (Å²) in [7, 11) is 0. The molecule has 5 heteroatoms. The number of fused-ring (bicyclic) bond motifs is 1. The van der Waals surface area contributed by atoms with Crippen LogP contribution in [0.25, 0.3) is 10.2 Å². The van der Waals surface area contributed by atoms with Crippen molar-refractivity contribution in [1.29, 1.82) is 0 Å². The molecule has 2 rings (SSSR count). The van der Waals surface area contributed by atoms with Crippen LogP contribution in [0.15, 0.2) is 24.3 Å². The van der Waals surface area contributed by atoms with E-state index in [0.29, 0.717) is 19.4 Å². The number of benzene rings is 1. The molecule has 0 radical (unpaired) electrons. The number of aryl methyl sites for hydroxylation is 1. The SMILES string of the molecule is O=C(CCc1nc2ccccc2s1)NCCO. The van der Waals surface area contributed by atoms with Gasteiger partial charge in [-0.25, -0.2) is 4.98 Å². The van der Waals surface area contributed by atoms with Gasteiger partial charge >= 0.3 is 0 Å². The van der Waals surface area contributed by atoms with Crippen LogP contribution in [0.1, 0.15) is 11.4 Å². The summed E-state index contributed by atoms with van der Waals surface area (Å²) < 4.78 is 1.15. The van der Waals surface area contributed by atoms with Crippen LogP contribution in [0.3, 0.4) is 0 Å². The molecule has 0 fully saturated rings. The van der Waals surface area contributed by atoms with Crippen molar-refractivity contribution < 1.29 is 9.90 Å². The third-order valence-electron chi connectivity index (χ3n) is 2.34. The number of amides is 1. The second-order valence-corrected chi connectivity index (χ2v) is 4.76. The van der Waals surface area contributed by atoms with E-state index < -0.39 is 0 Å². The standard InChI is InChI=1S/C12H14N2O2S/c15-8-7-13-11(16)5-6-12-14-9-3-1-2-4-10(9)17-12/h1-4,15H,5-8H2,(H,13,16). The van der Waals surface area contributed by atoms with Crippen molar-refractivity contribution in [2.75, 3.05) is 13.2 Å².